The summed E-state index contributed by atoms with van der Waals surface area (Å²) in [6, 6.07) is 0. The molecule has 1 N–H and O–H groups in total. The first-order chi connectivity index (χ1) is 9.66. The van der Waals surface area contributed by atoms with E-state index < -0.39 is 0 Å². The Morgan fingerprint density at radius 3 is 2.70 bits per heavy atom. The van der Waals surface area contributed by atoms with Crippen LogP contribution in [0.2, 0.25) is 0 Å². The number of methoxy groups -OCH3 is 1. The molecular formula is C16H29NO3. The molecule has 116 valence electrons. The Hall–Kier alpha value is -0.160. The van der Waals surface area contributed by atoms with Crippen LogP contribution in [0, 0.1) is 11.8 Å². The lowest BCUT2D eigenvalue weighted by molar-refractivity contribution is -0.112. The Bertz CT molecular complexity index is 326. The normalized spacial score (nSPS) is 43.0. The number of likely N-dealkylation sites (tertiary alicyclic amines) is 1. The second kappa shape index (κ2) is 5.91. The molecular weight excluding hydrogens is 254 g/mol. The highest BCUT2D eigenvalue weighted by Crippen LogP contribution is 2.50. The Morgan fingerprint density at radius 1 is 1.40 bits per heavy atom. The Labute approximate surface area is 122 Å². The Kier molecular flexibility index (Phi) is 4.37. The molecule has 1 aliphatic carbocycles. The molecule has 2 aliphatic heterocycles. The fourth-order valence-corrected chi connectivity index (χ4v) is 4.41. The van der Waals surface area contributed by atoms with Gasteiger partial charge < -0.3 is 19.5 Å². The van der Waals surface area contributed by atoms with Crippen LogP contribution in [0.25, 0.3) is 0 Å². The van der Waals surface area contributed by atoms with Crippen molar-refractivity contribution >= 4 is 0 Å². The molecule has 20 heavy (non-hydrogen) atoms. The lowest BCUT2D eigenvalue weighted by Crippen LogP contribution is -2.51. The second-order valence-corrected chi connectivity index (χ2v) is 7.00. The standard InChI is InChI=1S/C16H29NO3/c1-12(6-10-17-8-3-4-9-17)14-15(19-2)13(18)5-7-16(14)11-20-16/h12-15,18H,3-11H2,1-2H3. The maximum Gasteiger partial charge on any atom is 0.0973 e. The van der Waals surface area contributed by atoms with Gasteiger partial charge >= 0.3 is 0 Å². The summed E-state index contributed by atoms with van der Waals surface area (Å²) in [5.41, 5.74) is 0.0182. The van der Waals surface area contributed by atoms with Crippen molar-refractivity contribution < 1.29 is 14.6 Å². The van der Waals surface area contributed by atoms with Gasteiger partial charge in [0.15, 0.2) is 0 Å². The van der Waals surface area contributed by atoms with Gasteiger partial charge in [-0.25, -0.2) is 0 Å². The number of ether oxygens (including phenoxy) is 2. The smallest absolute Gasteiger partial charge is 0.0973 e. The molecule has 0 amide bonds. The monoisotopic (exact) mass is 283 g/mol. The van der Waals surface area contributed by atoms with Crippen LogP contribution in [0.1, 0.15) is 39.0 Å². The summed E-state index contributed by atoms with van der Waals surface area (Å²) in [5.74, 6) is 0.886. The number of hydrogen-bond donors (Lipinski definition) is 1. The summed E-state index contributed by atoms with van der Waals surface area (Å²) in [6.07, 6.45) is 5.31. The van der Waals surface area contributed by atoms with Crippen molar-refractivity contribution in [2.75, 3.05) is 33.4 Å². The number of aliphatic hydroxyl groups is 1. The van der Waals surface area contributed by atoms with Crippen LogP contribution in [0.3, 0.4) is 0 Å². The zero-order valence-electron chi connectivity index (χ0n) is 12.9. The lowest BCUT2D eigenvalue weighted by Gasteiger charge is -2.42. The quantitative estimate of drug-likeness (QED) is 0.780. The van der Waals surface area contributed by atoms with Crippen LogP contribution >= 0.6 is 0 Å². The summed E-state index contributed by atoms with van der Waals surface area (Å²) in [4.78, 5) is 2.57. The first-order valence-corrected chi connectivity index (χ1v) is 8.23. The molecule has 3 aliphatic rings. The fraction of sp³-hybridized carbons (Fsp3) is 1.00. The van der Waals surface area contributed by atoms with E-state index in [9.17, 15) is 5.11 Å². The minimum absolute atomic E-state index is 0.0182. The maximum absolute atomic E-state index is 10.2. The molecule has 5 atom stereocenters. The zero-order chi connectivity index (χ0) is 14.2. The van der Waals surface area contributed by atoms with Crippen LogP contribution in [0.4, 0.5) is 0 Å². The summed E-state index contributed by atoms with van der Waals surface area (Å²) >= 11 is 0. The van der Waals surface area contributed by atoms with Crippen LogP contribution in [-0.4, -0.2) is 61.2 Å². The topological polar surface area (TPSA) is 45.2 Å². The highest BCUT2D eigenvalue weighted by molar-refractivity contribution is 5.08. The molecule has 4 nitrogen and oxygen atoms in total. The van der Waals surface area contributed by atoms with Gasteiger partial charge in [-0.3, -0.25) is 0 Å². The Morgan fingerprint density at radius 2 is 2.10 bits per heavy atom. The van der Waals surface area contributed by atoms with E-state index in [1.807, 2.05) is 0 Å². The van der Waals surface area contributed by atoms with E-state index in [0.29, 0.717) is 11.8 Å². The molecule has 5 unspecified atom stereocenters. The molecule has 0 radical (unpaired) electrons. The zero-order valence-corrected chi connectivity index (χ0v) is 12.9. The van der Waals surface area contributed by atoms with Gasteiger partial charge in [0.2, 0.25) is 0 Å². The molecule has 0 bridgehead atoms. The summed E-state index contributed by atoms with van der Waals surface area (Å²) in [7, 11) is 1.73. The van der Waals surface area contributed by atoms with E-state index in [-0.39, 0.29) is 17.8 Å². The number of epoxide rings is 1. The van der Waals surface area contributed by atoms with Crippen LogP contribution < -0.4 is 0 Å². The third kappa shape index (κ3) is 2.76. The van der Waals surface area contributed by atoms with Gasteiger partial charge in [-0.1, -0.05) is 6.92 Å². The molecule has 0 aromatic carbocycles. The van der Waals surface area contributed by atoms with Gasteiger partial charge in [-0.15, -0.1) is 0 Å². The largest absolute Gasteiger partial charge is 0.390 e. The summed E-state index contributed by atoms with van der Waals surface area (Å²) in [6.45, 7) is 6.87. The highest BCUT2D eigenvalue weighted by Gasteiger charge is 2.59. The third-order valence-corrected chi connectivity index (χ3v) is 5.70. The van der Waals surface area contributed by atoms with Gasteiger partial charge in [0.1, 0.15) is 0 Å². The van der Waals surface area contributed by atoms with E-state index in [0.717, 1.165) is 19.4 Å². The van der Waals surface area contributed by atoms with Crippen molar-refractivity contribution in [3.8, 4) is 0 Å². The molecule has 2 saturated heterocycles. The predicted molar refractivity (Wildman–Crippen MR) is 77.7 cm³/mol. The first-order valence-electron chi connectivity index (χ1n) is 8.23. The molecule has 0 aromatic rings. The molecule has 3 rings (SSSR count). The van der Waals surface area contributed by atoms with Gasteiger partial charge in [-0.2, -0.15) is 0 Å². The maximum atomic E-state index is 10.2. The van der Waals surface area contributed by atoms with E-state index in [1.165, 1.54) is 38.9 Å². The average Bonchev–Trinajstić information content (AvgIpc) is 3.01. The van der Waals surface area contributed by atoms with Crippen molar-refractivity contribution in [2.45, 2.75) is 56.8 Å². The van der Waals surface area contributed by atoms with Gasteiger partial charge in [-0.05, 0) is 57.7 Å². The van der Waals surface area contributed by atoms with E-state index in [1.54, 1.807) is 7.11 Å². The van der Waals surface area contributed by atoms with Crippen LogP contribution in [0.5, 0.6) is 0 Å². The summed E-state index contributed by atoms with van der Waals surface area (Å²) in [5, 5.41) is 10.2. The number of aliphatic hydroxyl groups excluding tert-OH is 1. The fourth-order valence-electron chi connectivity index (χ4n) is 4.41. The third-order valence-electron chi connectivity index (χ3n) is 5.70. The molecule has 3 fully saturated rings. The van der Waals surface area contributed by atoms with Gasteiger partial charge in [0.05, 0.1) is 24.4 Å². The number of rotatable bonds is 5. The average molecular weight is 283 g/mol. The minimum Gasteiger partial charge on any atom is -0.390 e. The number of hydrogen-bond acceptors (Lipinski definition) is 4. The Balaban J connectivity index is 1.61. The molecule has 2 heterocycles. The van der Waals surface area contributed by atoms with Crippen molar-refractivity contribution in [3.63, 3.8) is 0 Å². The van der Waals surface area contributed by atoms with E-state index >= 15 is 0 Å². The highest BCUT2D eigenvalue weighted by atomic mass is 16.6. The first kappa shape index (κ1) is 14.8. The molecule has 1 spiro atoms. The summed E-state index contributed by atoms with van der Waals surface area (Å²) < 4.78 is 11.5. The molecule has 0 aromatic heterocycles. The van der Waals surface area contributed by atoms with Crippen molar-refractivity contribution in [1.82, 2.24) is 4.90 Å². The predicted octanol–water partition coefficient (Wildman–Crippen LogP) is 1.66. The van der Waals surface area contributed by atoms with E-state index in [4.69, 9.17) is 9.47 Å². The van der Waals surface area contributed by atoms with Gasteiger partial charge in [0, 0.05) is 13.0 Å². The molecule has 1 saturated carbocycles. The van der Waals surface area contributed by atoms with Crippen LogP contribution in [-0.2, 0) is 9.47 Å². The minimum atomic E-state index is -0.325. The van der Waals surface area contributed by atoms with Crippen LogP contribution in [0.15, 0.2) is 0 Å². The van der Waals surface area contributed by atoms with Gasteiger partial charge in [0.25, 0.3) is 0 Å². The van der Waals surface area contributed by atoms with Crippen molar-refractivity contribution in [3.05, 3.63) is 0 Å². The lowest BCUT2D eigenvalue weighted by atomic mass is 9.69. The second-order valence-electron chi connectivity index (χ2n) is 7.00. The van der Waals surface area contributed by atoms with Crippen molar-refractivity contribution in [1.29, 1.82) is 0 Å². The number of nitrogens with zero attached hydrogens (tertiary/aromatic N) is 1. The van der Waals surface area contributed by atoms with Crippen molar-refractivity contribution in [2.24, 2.45) is 11.8 Å². The SMILES string of the molecule is COC1C(O)CCC2(CO2)C1C(C)CCN1CCCC1. The van der Waals surface area contributed by atoms with E-state index in [2.05, 4.69) is 11.8 Å². The molecule has 4 heteroatoms.